The summed E-state index contributed by atoms with van der Waals surface area (Å²) in [6, 6.07) is 13.9. The van der Waals surface area contributed by atoms with Gasteiger partial charge in [0.15, 0.2) is 5.78 Å². The molecule has 9 heteroatoms. The summed E-state index contributed by atoms with van der Waals surface area (Å²) in [5.74, 6) is -0.532. The van der Waals surface area contributed by atoms with Crippen molar-refractivity contribution < 1.29 is 42.9 Å². The Hall–Kier alpha value is -4.66. The Kier molecular flexibility index (Phi) is 13.8. The van der Waals surface area contributed by atoms with Crippen LogP contribution in [0.25, 0.3) is 6.08 Å². The van der Waals surface area contributed by atoms with Gasteiger partial charge in [0.2, 0.25) is 0 Å². The van der Waals surface area contributed by atoms with E-state index in [2.05, 4.69) is 13.2 Å². The molecular formula is C34H38O9. The van der Waals surface area contributed by atoms with Gasteiger partial charge in [0.25, 0.3) is 0 Å². The van der Waals surface area contributed by atoms with Crippen molar-refractivity contribution in [2.45, 2.75) is 51.0 Å². The first kappa shape index (κ1) is 32.8. The summed E-state index contributed by atoms with van der Waals surface area (Å²) in [7, 11) is 0. The summed E-state index contributed by atoms with van der Waals surface area (Å²) in [4.78, 5) is 47.7. The van der Waals surface area contributed by atoms with Gasteiger partial charge in [0, 0.05) is 23.6 Å². The van der Waals surface area contributed by atoms with Crippen LogP contribution in [-0.4, -0.2) is 56.2 Å². The maximum atomic E-state index is 12.5. The molecule has 2 aromatic rings. The van der Waals surface area contributed by atoms with Gasteiger partial charge < -0.3 is 23.7 Å². The third-order valence-corrected chi connectivity index (χ3v) is 6.50. The third-order valence-electron chi connectivity index (χ3n) is 6.50. The molecule has 43 heavy (non-hydrogen) atoms. The van der Waals surface area contributed by atoms with E-state index in [0.717, 1.165) is 43.7 Å². The molecule has 1 aliphatic rings. The van der Waals surface area contributed by atoms with Crippen LogP contribution in [0, 0.1) is 0 Å². The highest BCUT2D eigenvalue weighted by Crippen LogP contribution is 2.21. The fraction of sp³-hybridized carbons (Fsp3) is 0.353. The van der Waals surface area contributed by atoms with Gasteiger partial charge in [-0.25, -0.2) is 9.59 Å². The van der Waals surface area contributed by atoms with Gasteiger partial charge in [0.1, 0.15) is 30.8 Å². The second kappa shape index (κ2) is 18.0. The highest BCUT2D eigenvalue weighted by atomic mass is 16.6. The van der Waals surface area contributed by atoms with Crippen molar-refractivity contribution in [1.29, 1.82) is 0 Å². The van der Waals surface area contributed by atoms with Crippen molar-refractivity contribution in [2.75, 3.05) is 26.4 Å². The Labute approximate surface area is 252 Å². The minimum Gasteiger partial charge on any atom is -0.493 e. The summed E-state index contributed by atoms with van der Waals surface area (Å²) in [5.41, 5.74) is 1.41. The maximum Gasteiger partial charge on any atom is 0.333 e. The third kappa shape index (κ3) is 12.4. The summed E-state index contributed by atoms with van der Waals surface area (Å²) in [6.07, 6.45) is 9.53. The number of hydrogen-bond donors (Lipinski definition) is 0. The second-order valence-corrected chi connectivity index (χ2v) is 9.88. The second-order valence-electron chi connectivity index (χ2n) is 9.88. The molecule has 1 saturated carbocycles. The molecule has 0 aromatic heterocycles. The highest BCUT2D eigenvalue weighted by molar-refractivity contribution is 6.06. The Morgan fingerprint density at radius 1 is 0.791 bits per heavy atom. The van der Waals surface area contributed by atoms with E-state index in [4.69, 9.17) is 23.7 Å². The smallest absolute Gasteiger partial charge is 0.333 e. The topological polar surface area (TPSA) is 114 Å². The van der Waals surface area contributed by atoms with Gasteiger partial charge in [-0.2, -0.15) is 0 Å². The number of carbonyl (C=O) groups is 4. The van der Waals surface area contributed by atoms with Crippen LogP contribution >= 0.6 is 0 Å². The number of ether oxygens (including phenoxy) is 5. The van der Waals surface area contributed by atoms with Gasteiger partial charge in [-0.15, -0.1) is 0 Å². The van der Waals surface area contributed by atoms with Crippen LogP contribution in [-0.2, 0) is 28.6 Å². The largest absolute Gasteiger partial charge is 0.493 e. The Bertz CT molecular complexity index is 1270. The fourth-order valence-corrected chi connectivity index (χ4v) is 4.19. The van der Waals surface area contributed by atoms with Crippen LogP contribution in [0.4, 0.5) is 0 Å². The van der Waals surface area contributed by atoms with Gasteiger partial charge in [-0.05, 0) is 73.7 Å². The fourth-order valence-electron chi connectivity index (χ4n) is 4.19. The molecule has 3 rings (SSSR count). The van der Waals surface area contributed by atoms with Gasteiger partial charge >= 0.3 is 17.9 Å². The normalized spacial score (nSPS) is 13.1. The van der Waals surface area contributed by atoms with Crippen molar-refractivity contribution in [3.8, 4) is 11.5 Å². The number of allylic oxidation sites excluding steroid dienone is 1. The number of ketones is 1. The molecule has 0 amide bonds. The van der Waals surface area contributed by atoms with Crippen LogP contribution in [0.15, 0.2) is 79.4 Å². The molecule has 9 nitrogen and oxygen atoms in total. The lowest BCUT2D eigenvalue weighted by molar-refractivity contribution is -0.151. The van der Waals surface area contributed by atoms with Gasteiger partial charge in [-0.1, -0.05) is 37.8 Å². The number of carbonyl (C=O) groups excluding carboxylic acids is 4. The Morgan fingerprint density at radius 3 is 2.12 bits per heavy atom. The SMILES string of the molecule is C=CC(=O)OCCOc1ccc(C(=O)/C=C/c2ccc(OCCCOC(=O)C(=C)CC(=O)OC3CCCCC3)cc2)cc1. The number of rotatable bonds is 17. The van der Waals surface area contributed by atoms with Crippen LogP contribution in [0.3, 0.4) is 0 Å². The molecule has 1 fully saturated rings. The van der Waals surface area contributed by atoms with E-state index in [1.807, 2.05) is 12.1 Å². The molecule has 0 unspecified atom stereocenters. The lowest BCUT2D eigenvalue weighted by atomic mass is 9.98. The number of hydrogen-bond acceptors (Lipinski definition) is 9. The van der Waals surface area contributed by atoms with E-state index < -0.39 is 17.9 Å². The van der Waals surface area contributed by atoms with Crippen molar-refractivity contribution in [2.24, 2.45) is 0 Å². The zero-order chi connectivity index (χ0) is 30.9. The van der Waals surface area contributed by atoms with E-state index in [1.54, 1.807) is 42.5 Å². The van der Waals surface area contributed by atoms with E-state index >= 15 is 0 Å². The summed E-state index contributed by atoms with van der Waals surface area (Å²) in [5, 5.41) is 0. The Balaban J connectivity index is 1.30. The van der Waals surface area contributed by atoms with E-state index in [-0.39, 0.29) is 43.7 Å². The van der Waals surface area contributed by atoms with Crippen molar-refractivity contribution in [3.63, 3.8) is 0 Å². The minimum atomic E-state index is -0.612. The summed E-state index contributed by atoms with van der Waals surface area (Å²) in [6.45, 7) is 7.73. The first-order valence-corrected chi connectivity index (χ1v) is 14.4. The van der Waals surface area contributed by atoms with E-state index in [1.165, 1.54) is 6.08 Å². The van der Waals surface area contributed by atoms with Crippen LogP contribution in [0.2, 0.25) is 0 Å². The lowest BCUT2D eigenvalue weighted by Crippen LogP contribution is -2.22. The molecule has 0 bridgehead atoms. The first-order chi connectivity index (χ1) is 20.8. The van der Waals surface area contributed by atoms with Gasteiger partial charge in [-0.3, -0.25) is 9.59 Å². The maximum absolute atomic E-state index is 12.5. The number of benzene rings is 2. The molecule has 0 heterocycles. The van der Waals surface area contributed by atoms with Crippen LogP contribution < -0.4 is 9.47 Å². The monoisotopic (exact) mass is 590 g/mol. The molecule has 1 aliphatic carbocycles. The van der Waals surface area contributed by atoms with Crippen molar-refractivity contribution in [3.05, 3.63) is 90.5 Å². The number of esters is 3. The molecular weight excluding hydrogens is 552 g/mol. The summed E-state index contributed by atoms with van der Waals surface area (Å²) >= 11 is 0. The molecule has 0 atom stereocenters. The average molecular weight is 591 g/mol. The molecule has 0 spiro atoms. The predicted molar refractivity (Wildman–Crippen MR) is 161 cm³/mol. The standard InChI is InChI=1S/C34H38O9/c1-3-32(36)41-23-22-40-29-17-13-27(14-18-29)31(35)19-12-26-10-15-28(16-11-26)39-20-7-21-42-34(38)25(2)24-33(37)43-30-8-5-4-6-9-30/h3,10-19,30H,1-2,4-9,20-24H2/b19-12+. The first-order valence-electron chi connectivity index (χ1n) is 14.4. The molecule has 0 radical (unpaired) electrons. The zero-order valence-corrected chi connectivity index (χ0v) is 24.3. The minimum absolute atomic E-state index is 0.0602. The lowest BCUT2D eigenvalue weighted by Gasteiger charge is -2.21. The zero-order valence-electron chi connectivity index (χ0n) is 24.3. The summed E-state index contributed by atoms with van der Waals surface area (Å²) < 4.78 is 26.6. The van der Waals surface area contributed by atoms with Crippen LogP contribution in [0.1, 0.15) is 60.9 Å². The molecule has 0 N–H and O–H groups in total. The van der Waals surface area contributed by atoms with Gasteiger partial charge in [0.05, 0.1) is 19.6 Å². The van der Waals surface area contributed by atoms with E-state index in [9.17, 15) is 19.2 Å². The Morgan fingerprint density at radius 2 is 1.44 bits per heavy atom. The molecule has 2 aromatic carbocycles. The molecule has 0 saturated heterocycles. The van der Waals surface area contributed by atoms with Crippen molar-refractivity contribution >= 4 is 29.8 Å². The highest BCUT2D eigenvalue weighted by Gasteiger charge is 2.20. The molecule has 0 aliphatic heterocycles. The molecule has 228 valence electrons. The van der Waals surface area contributed by atoms with E-state index in [0.29, 0.717) is 30.1 Å². The van der Waals surface area contributed by atoms with Crippen LogP contribution in [0.5, 0.6) is 11.5 Å². The average Bonchev–Trinajstić information content (AvgIpc) is 3.02. The predicted octanol–water partition coefficient (Wildman–Crippen LogP) is 5.83. The quantitative estimate of drug-likeness (QED) is 0.0738. The van der Waals surface area contributed by atoms with Crippen molar-refractivity contribution in [1.82, 2.24) is 0 Å².